The molecule has 0 spiro atoms. The molecule has 0 aliphatic heterocycles. The molecule has 23 heavy (non-hydrogen) atoms. The summed E-state index contributed by atoms with van der Waals surface area (Å²) in [6, 6.07) is 23.5. The summed E-state index contributed by atoms with van der Waals surface area (Å²) in [5.74, 6) is 0. The van der Waals surface area contributed by atoms with E-state index in [1.165, 1.54) is 27.8 Å². The SMILES string of the molecule is N#CCC1(Cc2ccncc2)c2ccccc2-c2ccccc21. The number of aromatic nitrogens is 1. The Morgan fingerprint density at radius 3 is 1.96 bits per heavy atom. The van der Waals surface area contributed by atoms with Crippen LogP contribution in [0.25, 0.3) is 11.1 Å². The topological polar surface area (TPSA) is 36.7 Å². The Morgan fingerprint density at radius 1 is 0.826 bits per heavy atom. The molecule has 0 amide bonds. The predicted octanol–water partition coefficient (Wildman–Crippen LogP) is 4.50. The molecule has 2 heteroatoms. The number of fused-ring (bicyclic) bond motifs is 3. The normalized spacial score (nSPS) is 13.9. The van der Waals surface area contributed by atoms with Gasteiger partial charge in [-0.2, -0.15) is 5.26 Å². The van der Waals surface area contributed by atoms with Crippen molar-refractivity contribution >= 4 is 0 Å². The van der Waals surface area contributed by atoms with E-state index in [0.29, 0.717) is 6.42 Å². The largest absolute Gasteiger partial charge is 0.265 e. The third kappa shape index (κ3) is 2.05. The van der Waals surface area contributed by atoms with Gasteiger partial charge < -0.3 is 0 Å². The van der Waals surface area contributed by atoms with E-state index in [1.807, 2.05) is 24.5 Å². The standard InChI is InChI=1S/C21H16N2/c22-12-11-21(15-16-9-13-23-14-10-16)19-7-3-1-5-17(19)18-6-2-4-8-20(18)21/h1-10,13-14H,11,15H2. The van der Waals surface area contributed by atoms with Crippen LogP contribution >= 0.6 is 0 Å². The molecule has 0 unspecified atom stereocenters. The Hall–Kier alpha value is -2.92. The average Bonchev–Trinajstić information content (AvgIpc) is 2.88. The van der Waals surface area contributed by atoms with E-state index >= 15 is 0 Å². The maximum Gasteiger partial charge on any atom is 0.0634 e. The van der Waals surface area contributed by atoms with Crippen molar-refractivity contribution in [3.63, 3.8) is 0 Å². The lowest BCUT2D eigenvalue weighted by Crippen LogP contribution is -2.27. The number of pyridine rings is 1. The fourth-order valence-corrected chi connectivity index (χ4v) is 3.84. The van der Waals surface area contributed by atoms with Gasteiger partial charge in [-0.25, -0.2) is 0 Å². The van der Waals surface area contributed by atoms with E-state index in [0.717, 1.165) is 6.42 Å². The molecule has 4 rings (SSSR count). The first-order chi connectivity index (χ1) is 11.3. The van der Waals surface area contributed by atoms with E-state index in [2.05, 4.69) is 59.6 Å². The van der Waals surface area contributed by atoms with Crippen molar-refractivity contribution in [1.82, 2.24) is 4.98 Å². The first-order valence-corrected chi connectivity index (χ1v) is 7.80. The summed E-state index contributed by atoms with van der Waals surface area (Å²) in [5.41, 5.74) is 5.98. The molecule has 3 aromatic rings. The fourth-order valence-electron chi connectivity index (χ4n) is 3.84. The molecule has 2 nitrogen and oxygen atoms in total. The van der Waals surface area contributed by atoms with Gasteiger partial charge >= 0.3 is 0 Å². The van der Waals surface area contributed by atoms with Crippen LogP contribution in [0.3, 0.4) is 0 Å². The third-order valence-electron chi connectivity index (χ3n) is 4.81. The van der Waals surface area contributed by atoms with Crippen molar-refractivity contribution < 1.29 is 0 Å². The predicted molar refractivity (Wildman–Crippen MR) is 90.8 cm³/mol. The summed E-state index contributed by atoms with van der Waals surface area (Å²) in [5, 5.41) is 9.56. The van der Waals surface area contributed by atoms with Gasteiger partial charge in [-0.3, -0.25) is 4.98 Å². The molecule has 0 bridgehead atoms. The molecule has 0 N–H and O–H groups in total. The van der Waals surface area contributed by atoms with Crippen LogP contribution in [-0.2, 0) is 11.8 Å². The molecule has 0 atom stereocenters. The van der Waals surface area contributed by atoms with Crippen LogP contribution in [0.1, 0.15) is 23.1 Å². The van der Waals surface area contributed by atoms with Gasteiger partial charge in [0.15, 0.2) is 0 Å². The van der Waals surface area contributed by atoms with Crippen molar-refractivity contribution in [1.29, 1.82) is 5.26 Å². The summed E-state index contributed by atoms with van der Waals surface area (Å²) in [6.45, 7) is 0. The Bertz CT molecular complexity index is 845. The number of nitriles is 1. The molecule has 0 saturated heterocycles. The molecule has 1 heterocycles. The summed E-state index contributed by atoms with van der Waals surface area (Å²) < 4.78 is 0. The molecule has 1 aromatic heterocycles. The van der Waals surface area contributed by atoms with Crippen LogP contribution in [-0.4, -0.2) is 4.98 Å². The van der Waals surface area contributed by atoms with Gasteiger partial charge in [-0.05, 0) is 46.4 Å². The lowest BCUT2D eigenvalue weighted by molar-refractivity contribution is 0.536. The van der Waals surface area contributed by atoms with Gasteiger partial charge in [0.2, 0.25) is 0 Å². The van der Waals surface area contributed by atoms with Crippen LogP contribution in [0.2, 0.25) is 0 Å². The molecular formula is C21H16N2. The smallest absolute Gasteiger partial charge is 0.0634 e. The number of hydrogen-bond acceptors (Lipinski definition) is 2. The summed E-state index contributed by atoms with van der Waals surface area (Å²) in [6.07, 6.45) is 4.94. The number of nitrogens with zero attached hydrogens (tertiary/aromatic N) is 2. The van der Waals surface area contributed by atoms with Crippen LogP contribution < -0.4 is 0 Å². The van der Waals surface area contributed by atoms with Crippen LogP contribution in [0.4, 0.5) is 0 Å². The molecule has 1 aliphatic rings. The van der Waals surface area contributed by atoms with E-state index in [4.69, 9.17) is 0 Å². The zero-order chi connectivity index (χ0) is 15.7. The number of rotatable bonds is 3. The monoisotopic (exact) mass is 296 g/mol. The molecule has 1 aliphatic carbocycles. The highest BCUT2D eigenvalue weighted by atomic mass is 14.6. The van der Waals surface area contributed by atoms with Gasteiger partial charge in [0.05, 0.1) is 6.07 Å². The Labute approximate surface area is 136 Å². The second-order valence-corrected chi connectivity index (χ2v) is 6.04. The minimum absolute atomic E-state index is 0.275. The lowest BCUT2D eigenvalue weighted by Gasteiger charge is -2.30. The highest BCUT2D eigenvalue weighted by molar-refractivity contribution is 5.81. The van der Waals surface area contributed by atoms with Crippen LogP contribution in [0, 0.1) is 11.3 Å². The first-order valence-electron chi connectivity index (χ1n) is 7.80. The second-order valence-electron chi connectivity index (χ2n) is 6.04. The molecule has 0 radical (unpaired) electrons. The number of hydrogen-bond donors (Lipinski definition) is 0. The number of benzene rings is 2. The van der Waals surface area contributed by atoms with Gasteiger partial charge in [0, 0.05) is 24.2 Å². The van der Waals surface area contributed by atoms with E-state index < -0.39 is 0 Å². The van der Waals surface area contributed by atoms with Crippen LogP contribution in [0.15, 0.2) is 73.1 Å². The zero-order valence-electron chi connectivity index (χ0n) is 12.7. The Kier molecular flexibility index (Phi) is 3.20. The van der Waals surface area contributed by atoms with Gasteiger partial charge in [0.1, 0.15) is 0 Å². The van der Waals surface area contributed by atoms with E-state index in [1.54, 1.807) is 0 Å². The minimum Gasteiger partial charge on any atom is -0.265 e. The van der Waals surface area contributed by atoms with E-state index in [-0.39, 0.29) is 5.41 Å². The van der Waals surface area contributed by atoms with Crippen molar-refractivity contribution in [3.05, 3.63) is 89.7 Å². The van der Waals surface area contributed by atoms with Gasteiger partial charge in [-0.15, -0.1) is 0 Å². The first kappa shape index (κ1) is 13.7. The molecular weight excluding hydrogens is 280 g/mol. The highest BCUT2D eigenvalue weighted by Crippen LogP contribution is 2.52. The fraction of sp³-hybridized carbons (Fsp3) is 0.143. The Balaban J connectivity index is 1.97. The van der Waals surface area contributed by atoms with Gasteiger partial charge in [-0.1, -0.05) is 48.5 Å². The summed E-state index contributed by atoms with van der Waals surface area (Å²) >= 11 is 0. The molecule has 110 valence electrons. The molecule has 0 saturated carbocycles. The van der Waals surface area contributed by atoms with Crippen LogP contribution in [0.5, 0.6) is 0 Å². The van der Waals surface area contributed by atoms with Crippen molar-refractivity contribution in [2.45, 2.75) is 18.3 Å². The average molecular weight is 296 g/mol. The highest BCUT2D eigenvalue weighted by Gasteiger charge is 2.42. The second kappa shape index (κ2) is 5.37. The summed E-state index contributed by atoms with van der Waals surface area (Å²) in [4.78, 5) is 4.11. The van der Waals surface area contributed by atoms with Gasteiger partial charge in [0.25, 0.3) is 0 Å². The van der Waals surface area contributed by atoms with Crippen molar-refractivity contribution in [3.8, 4) is 17.2 Å². The minimum atomic E-state index is -0.275. The quantitative estimate of drug-likeness (QED) is 0.713. The zero-order valence-corrected chi connectivity index (χ0v) is 12.7. The molecule has 2 aromatic carbocycles. The summed E-state index contributed by atoms with van der Waals surface area (Å²) in [7, 11) is 0. The third-order valence-corrected chi connectivity index (χ3v) is 4.81. The maximum atomic E-state index is 9.56. The molecule has 0 fully saturated rings. The van der Waals surface area contributed by atoms with E-state index in [9.17, 15) is 5.26 Å². The van der Waals surface area contributed by atoms with Crippen molar-refractivity contribution in [2.75, 3.05) is 0 Å². The maximum absolute atomic E-state index is 9.56. The van der Waals surface area contributed by atoms with Crippen molar-refractivity contribution in [2.24, 2.45) is 0 Å². The lowest BCUT2D eigenvalue weighted by atomic mass is 9.71. The Morgan fingerprint density at radius 2 is 1.39 bits per heavy atom.